The number of hydrogen-bond donors (Lipinski definition) is 1. The van der Waals surface area contributed by atoms with Gasteiger partial charge in [-0.2, -0.15) is 11.3 Å². The summed E-state index contributed by atoms with van der Waals surface area (Å²) < 4.78 is 0. The molecule has 0 unspecified atom stereocenters. The minimum absolute atomic E-state index is 0.00609. The van der Waals surface area contributed by atoms with Gasteiger partial charge in [-0.3, -0.25) is 9.59 Å². The highest BCUT2D eigenvalue weighted by atomic mass is 32.1. The van der Waals surface area contributed by atoms with E-state index in [4.69, 9.17) is 0 Å². The van der Waals surface area contributed by atoms with Gasteiger partial charge in [-0.25, -0.2) is 0 Å². The summed E-state index contributed by atoms with van der Waals surface area (Å²) in [6.45, 7) is 1.33. The second kappa shape index (κ2) is 3.59. The predicted octanol–water partition coefficient (Wildman–Crippen LogP) is 0.982. The first-order valence-electron chi connectivity index (χ1n) is 5.41. The molecule has 1 atom stereocenters. The molecule has 84 valence electrons. The molecule has 16 heavy (non-hydrogen) atoms. The lowest BCUT2D eigenvalue weighted by Gasteiger charge is -2.30. The first-order chi connectivity index (χ1) is 7.77. The summed E-state index contributed by atoms with van der Waals surface area (Å²) in [5.41, 5.74) is 1.84. The molecule has 1 aromatic rings. The van der Waals surface area contributed by atoms with E-state index in [2.05, 4.69) is 5.32 Å². The van der Waals surface area contributed by atoms with Gasteiger partial charge in [0.05, 0.1) is 5.56 Å². The molecule has 2 amide bonds. The number of carbonyl (C=O) groups excluding carboxylic acids is 2. The maximum absolute atomic E-state index is 12.1. The van der Waals surface area contributed by atoms with E-state index in [1.54, 1.807) is 16.2 Å². The minimum Gasteiger partial charge on any atom is -0.354 e. The fourth-order valence-corrected chi connectivity index (χ4v) is 3.17. The van der Waals surface area contributed by atoms with Gasteiger partial charge in [-0.05, 0) is 23.8 Å². The third-order valence-electron chi connectivity index (χ3n) is 3.21. The van der Waals surface area contributed by atoms with Crippen LogP contribution in [0.2, 0.25) is 0 Å². The van der Waals surface area contributed by atoms with E-state index in [9.17, 15) is 9.59 Å². The topological polar surface area (TPSA) is 49.4 Å². The number of piperidine rings is 1. The molecule has 1 fully saturated rings. The molecule has 0 radical (unpaired) electrons. The first kappa shape index (κ1) is 9.84. The van der Waals surface area contributed by atoms with E-state index in [0.717, 1.165) is 30.5 Å². The molecule has 2 aliphatic heterocycles. The Morgan fingerprint density at radius 2 is 2.25 bits per heavy atom. The van der Waals surface area contributed by atoms with Crippen molar-refractivity contribution >= 4 is 23.2 Å². The van der Waals surface area contributed by atoms with E-state index in [0.29, 0.717) is 6.54 Å². The molecule has 0 aromatic carbocycles. The van der Waals surface area contributed by atoms with Crippen LogP contribution in [0.1, 0.15) is 28.8 Å². The van der Waals surface area contributed by atoms with Crippen LogP contribution in [0.15, 0.2) is 10.8 Å². The van der Waals surface area contributed by atoms with Crippen molar-refractivity contribution in [2.24, 2.45) is 0 Å². The van der Waals surface area contributed by atoms with Gasteiger partial charge in [-0.1, -0.05) is 0 Å². The Labute approximate surface area is 97.2 Å². The normalized spacial score (nSPS) is 24.5. The zero-order valence-corrected chi connectivity index (χ0v) is 9.55. The minimum atomic E-state index is -0.265. The Morgan fingerprint density at radius 1 is 1.38 bits per heavy atom. The van der Waals surface area contributed by atoms with Gasteiger partial charge in [0.25, 0.3) is 5.91 Å². The van der Waals surface area contributed by atoms with E-state index >= 15 is 0 Å². The summed E-state index contributed by atoms with van der Waals surface area (Å²) in [7, 11) is 0. The van der Waals surface area contributed by atoms with Crippen LogP contribution < -0.4 is 5.32 Å². The standard InChI is InChI=1S/C11H12N2O2S/c14-10-9(2-1-3-12-10)13-4-7-5-16-6-8(7)11(13)15/h5-6,9H,1-4H2,(H,12,14)/t9-/m0/s1. The zero-order chi connectivity index (χ0) is 11.1. The van der Waals surface area contributed by atoms with Crippen molar-refractivity contribution in [1.82, 2.24) is 10.2 Å². The number of hydrogen-bond acceptors (Lipinski definition) is 3. The number of thiophene rings is 1. The van der Waals surface area contributed by atoms with Crippen LogP contribution in [0.25, 0.3) is 0 Å². The van der Waals surface area contributed by atoms with Crippen LogP contribution in [0, 0.1) is 0 Å². The Bertz CT molecular complexity index is 455. The summed E-state index contributed by atoms with van der Waals surface area (Å²) in [5, 5.41) is 6.69. The molecule has 5 heteroatoms. The lowest BCUT2D eigenvalue weighted by atomic mass is 10.1. The Hall–Kier alpha value is -1.36. The molecule has 0 bridgehead atoms. The highest BCUT2D eigenvalue weighted by Crippen LogP contribution is 2.29. The molecule has 1 saturated heterocycles. The summed E-state index contributed by atoms with van der Waals surface area (Å²) in [4.78, 5) is 25.5. The van der Waals surface area contributed by atoms with Gasteiger partial charge in [-0.15, -0.1) is 0 Å². The van der Waals surface area contributed by atoms with Gasteiger partial charge in [0.1, 0.15) is 6.04 Å². The monoisotopic (exact) mass is 236 g/mol. The fourth-order valence-electron chi connectivity index (χ4n) is 2.35. The lowest BCUT2D eigenvalue weighted by molar-refractivity contribution is -0.127. The highest BCUT2D eigenvalue weighted by molar-refractivity contribution is 7.08. The van der Waals surface area contributed by atoms with Crippen molar-refractivity contribution in [3.8, 4) is 0 Å². The molecule has 1 N–H and O–H groups in total. The maximum Gasteiger partial charge on any atom is 0.256 e. The second-order valence-electron chi connectivity index (χ2n) is 4.19. The van der Waals surface area contributed by atoms with Crippen LogP contribution >= 0.6 is 11.3 Å². The SMILES string of the molecule is O=C1NCCC[C@@H]1N1Cc2cscc2C1=O. The third kappa shape index (κ3) is 1.35. The summed E-state index contributed by atoms with van der Waals surface area (Å²) >= 11 is 1.55. The van der Waals surface area contributed by atoms with E-state index < -0.39 is 0 Å². The van der Waals surface area contributed by atoms with Crippen molar-refractivity contribution in [3.63, 3.8) is 0 Å². The Balaban J connectivity index is 1.85. The zero-order valence-electron chi connectivity index (χ0n) is 8.73. The third-order valence-corrected chi connectivity index (χ3v) is 4.00. The molecule has 0 saturated carbocycles. The average Bonchev–Trinajstić information content (AvgIpc) is 2.83. The van der Waals surface area contributed by atoms with Crippen LogP contribution in [0.4, 0.5) is 0 Å². The molecule has 4 nitrogen and oxygen atoms in total. The molecule has 0 aliphatic carbocycles. The van der Waals surface area contributed by atoms with Crippen molar-refractivity contribution in [2.45, 2.75) is 25.4 Å². The number of amides is 2. The quantitative estimate of drug-likeness (QED) is 0.790. The molecular weight excluding hydrogens is 224 g/mol. The van der Waals surface area contributed by atoms with Crippen molar-refractivity contribution in [3.05, 3.63) is 21.9 Å². The summed E-state index contributed by atoms with van der Waals surface area (Å²) in [6.07, 6.45) is 1.73. The smallest absolute Gasteiger partial charge is 0.256 e. The molecule has 3 rings (SSSR count). The van der Waals surface area contributed by atoms with Crippen molar-refractivity contribution in [2.75, 3.05) is 6.54 Å². The van der Waals surface area contributed by atoms with E-state index in [1.807, 2.05) is 10.8 Å². The van der Waals surface area contributed by atoms with Gasteiger partial charge in [0.2, 0.25) is 5.91 Å². The highest BCUT2D eigenvalue weighted by Gasteiger charge is 2.37. The molecule has 2 aliphatic rings. The largest absolute Gasteiger partial charge is 0.354 e. The molecule has 3 heterocycles. The van der Waals surface area contributed by atoms with Crippen LogP contribution in [0.5, 0.6) is 0 Å². The van der Waals surface area contributed by atoms with Gasteiger partial charge < -0.3 is 10.2 Å². The molecule has 0 spiro atoms. The number of fused-ring (bicyclic) bond motifs is 1. The number of nitrogens with one attached hydrogen (secondary N) is 1. The van der Waals surface area contributed by atoms with Crippen molar-refractivity contribution in [1.29, 1.82) is 0 Å². The van der Waals surface area contributed by atoms with Crippen LogP contribution in [-0.2, 0) is 11.3 Å². The number of carbonyl (C=O) groups is 2. The number of rotatable bonds is 1. The number of nitrogens with zero attached hydrogens (tertiary/aromatic N) is 1. The first-order valence-corrected chi connectivity index (χ1v) is 6.35. The van der Waals surface area contributed by atoms with Crippen molar-refractivity contribution < 1.29 is 9.59 Å². The molecule has 1 aromatic heterocycles. The van der Waals surface area contributed by atoms with Crippen LogP contribution in [-0.4, -0.2) is 29.3 Å². The van der Waals surface area contributed by atoms with E-state index in [1.165, 1.54) is 0 Å². The van der Waals surface area contributed by atoms with Crippen LogP contribution in [0.3, 0.4) is 0 Å². The Morgan fingerprint density at radius 3 is 3.00 bits per heavy atom. The maximum atomic E-state index is 12.1. The Kier molecular flexibility index (Phi) is 2.21. The fraction of sp³-hybridized carbons (Fsp3) is 0.455. The lowest BCUT2D eigenvalue weighted by Crippen LogP contribution is -2.50. The van der Waals surface area contributed by atoms with E-state index in [-0.39, 0.29) is 17.9 Å². The van der Waals surface area contributed by atoms with Gasteiger partial charge >= 0.3 is 0 Å². The molecular formula is C11H12N2O2S. The predicted molar refractivity (Wildman–Crippen MR) is 60.2 cm³/mol. The second-order valence-corrected chi connectivity index (χ2v) is 4.94. The average molecular weight is 236 g/mol. The summed E-state index contributed by atoms with van der Waals surface area (Å²) in [5.74, 6) is 0.00623. The summed E-state index contributed by atoms with van der Waals surface area (Å²) in [6, 6.07) is -0.265. The van der Waals surface area contributed by atoms with Gasteiger partial charge in [0.15, 0.2) is 0 Å². The van der Waals surface area contributed by atoms with Gasteiger partial charge in [0, 0.05) is 18.5 Å².